The summed E-state index contributed by atoms with van der Waals surface area (Å²) in [5.74, 6) is 0.832. The topological polar surface area (TPSA) is 50.4 Å². The van der Waals surface area contributed by atoms with Gasteiger partial charge in [0.1, 0.15) is 12.4 Å². The Labute approximate surface area is 140 Å². The molecule has 1 amide bonds. The third-order valence-electron chi connectivity index (χ3n) is 3.40. The molecular weight excluding hydrogens is 288 g/mol. The lowest BCUT2D eigenvalue weighted by Crippen LogP contribution is -2.30. The summed E-state index contributed by atoms with van der Waals surface area (Å²) in [4.78, 5) is 11.7. The quantitative estimate of drug-likeness (QED) is 0.450. The first-order valence-electron chi connectivity index (χ1n) is 8.49. The third-order valence-corrected chi connectivity index (χ3v) is 3.40. The van der Waals surface area contributed by atoms with Crippen LogP contribution in [0.1, 0.15) is 46.0 Å². The Morgan fingerprint density at radius 1 is 1.13 bits per heavy atom. The van der Waals surface area contributed by atoms with Crippen LogP contribution in [0.25, 0.3) is 0 Å². The number of hydrogen-bond acceptors (Lipinski definition) is 3. The minimum Gasteiger partial charge on any atom is -0.489 e. The summed E-state index contributed by atoms with van der Waals surface area (Å²) in [5.41, 5.74) is 1.89. The number of carbonyl (C=O) groups excluding carboxylic acids is 1. The first kappa shape index (κ1) is 19.1. The molecule has 0 fully saturated rings. The van der Waals surface area contributed by atoms with Gasteiger partial charge in [-0.15, -0.1) is 0 Å². The Kier molecular flexibility index (Phi) is 9.60. The van der Waals surface area contributed by atoms with Crippen molar-refractivity contribution in [1.29, 1.82) is 0 Å². The smallest absolute Gasteiger partial charge is 0.239 e. The maximum atomic E-state index is 11.7. The maximum Gasteiger partial charge on any atom is 0.239 e. The van der Waals surface area contributed by atoms with Gasteiger partial charge in [0.2, 0.25) is 5.91 Å². The molecule has 4 heteroatoms. The van der Waals surface area contributed by atoms with E-state index in [4.69, 9.17) is 4.74 Å². The first-order chi connectivity index (χ1) is 11.1. The van der Waals surface area contributed by atoms with Crippen LogP contribution in [0, 0.1) is 0 Å². The van der Waals surface area contributed by atoms with E-state index in [2.05, 4.69) is 24.1 Å². The lowest BCUT2D eigenvalue weighted by Gasteiger charge is -2.09. The molecule has 23 heavy (non-hydrogen) atoms. The van der Waals surface area contributed by atoms with E-state index in [-0.39, 0.29) is 5.91 Å². The van der Waals surface area contributed by atoms with Gasteiger partial charge in [-0.25, -0.2) is 0 Å². The minimum atomic E-state index is 0.0306. The molecular formula is C19H30N2O2. The van der Waals surface area contributed by atoms with Crippen LogP contribution < -0.4 is 15.4 Å². The molecule has 0 aliphatic carbocycles. The highest BCUT2D eigenvalue weighted by Gasteiger charge is 2.01. The molecule has 0 radical (unpaired) electrons. The van der Waals surface area contributed by atoms with Gasteiger partial charge in [0.25, 0.3) is 0 Å². The van der Waals surface area contributed by atoms with Crippen molar-refractivity contribution in [3.8, 4) is 5.75 Å². The molecule has 1 aromatic rings. The van der Waals surface area contributed by atoms with Crippen molar-refractivity contribution >= 4 is 11.6 Å². The molecule has 0 unspecified atom stereocenters. The number of amides is 1. The maximum absolute atomic E-state index is 11.7. The van der Waals surface area contributed by atoms with E-state index in [0.717, 1.165) is 30.0 Å². The second-order valence-corrected chi connectivity index (χ2v) is 5.89. The predicted octanol–water partition coefficient (Wildman–Crippen LogP) is 4.14. The summed E-state index contributed by atoms with van der Waals surface area (Å²) in [5, 5.41) is 6.05. The predicted molar refractivity (Wildman–Crippen MR) is 97.0 cm³/mol. The van der Waals surface area contributed by atoms with Crippen LogP contribution in [-0.4, -0.2) is 25.6 Å². The monoisotopic (exact) mass is 318 g/mol. The summed E-state index contributed by atoms with van der Waals surface area (Å²) < 4.78 is 5.53. The van der Waals surface area contributed by atoms with E-state index in [1.807, 2.05) is 31.2 Å². The van der Waals surface area contributed by atoms with Gasteiger partial charge in [-0.05, 0) is 43.2 Å². The van der Waals surface area contributed by atoms with Gasteiger partial charge in [-0.1, -0.05) is 39.2 Å². The largest absolute Gasteiger partial charge is 0.489 e. The van der Waals surface area contributed by atoms with E-state index >= 15 is 0 Å². The average molecular weight is 318 g/mol. The molecule has 0 aliphatic heterocycles. The Morgan fingerprint density at radius 2 is 1.83 bits per heavy atom. The molecule has 0 saturated carbocycles. The van der Waals surface area contributed by atoms with Gasteiger partial charge in [0, 0.05) is 12.2 Å². The molecule has 0 bridgehead atoms. The standard InChI is InChI=1S/C19H30N2O2/c1-4-5-6-7-8-13-20-19(22)14-21-17-9-11-18(12-10-17)23-15-16(2)3/h9-12,21H,2,4-8,13-15H2,1,3H3,(H,20,22). The fourth-order valence-corrected chi connectivity index (χ4v) is 2.08. The first-order valence-corrected chi connectivity index (χ1v) is 8.49. The lowest BCUT2D eigenvalue weighted by atomic mass is 10.1. The highest BCUT2D eigenvalue weighted by molar-refractivity contribution is 5.80. The zero-order valence-electron chi connectivity index (χ0n) is 14.5. The van der Waals surface area contributed by atoms with E-state index < -0.39 is 0 Å². The van der Waals surface area contributed by atoms with Crippen LogP contribution in [-0.2, 0) is 4.79 Å². The molecule has 0 aliphatic rings. The number of ether oxygens (including phenoxy) is 1. The number of unbranched alkanes of at least 4 members (excludes halogenated alkanes) is 4. The summed E-state index contributed by atoms with van der Waals surface area (Å²) in [6, 6.07) is 7.59. The second kappa shape index (κ2) is 11.6. The SMILES string of the molecule is C=C(C)COc1ccc(NCC(=O)NCCCCCCC)cc1. The molecule has 4 nitrogen and oxygen atoms in total. The molecule has 1 rings (SSSR count). The zero-order valence-corrected chi connectivity index (χ0v) is 14.5. The number of hydrogen-bond donors (Lipinski definition) is 2. The average Bonchev–Trinajstić information content (AvgIpc) is 2.55. The summed E-state index contributed by atoms with van der Waals surface area (Å²) in [7, 11) is 0. The van der Waals surface area contributed by atoms with Gasteiger partial charge < -0.3 is 15.4 Å². The Bertz CT molecular complexity index is 469. The number of nitrogens with one attached hydrogen (secondary N) is 2. The highest BCUT2D eigenvalue weighted by atomic mass is 16.5. The van der Waals surface area contributed by atoms with Crippen molar-refractivity contribution in [2.75, 3.05) is 25.0 Å². The Balaban J connectivity index is 2.16. The molecule has 2 N–H and O–H groups in total. The molecule has 0 saturated heterocycles. The van der Waals surface area contributed by atoms with E-state index in [1.54, 1.807) is 0 Å². The van der Waals surface area contributed by atoms with Crippen molar-refractivity contribution < 1.29 is 9.53 Å². The molecule has 0 aromatic heterocycles. The highest BCUT2D eigenvalue weighted by Crippen LogP contribution is 2.15. The van der Waals surface area contributed by atoms with Crippen LogP contribution in [0.4, 0.5) is 5.69 Å². The fraction of sp³-hybridized carbons (Fsp3) is 0.526. The number of carbonyl (C=O) groups is 1. The van der Waals surface area contributed by atoms with Crippen LogP contribution in [0.15, 0.2) is 36.4 Å². The number of benzene rings is 1. The summed E-state index contributed by atoms with van der Waals surface area (Å²) in [6.45, 7) is 9.51. The molecule has 0 atom stereocenters. The van der Waals surface area contributed by atoms with Crippen molar-refractivity contribution in [3.05, 3.63) is 36.4 Å². The summed E-state index contributed by atoms with van der Waals surface area (Å²) in [6.07, 6.45) is 6.02. The van der Waals surface area contributed by atoms with Gasteiger partial charge >= 0.3 is 0 Å². The van der Waals surface area contributed by atoms with Gasteiger partial charge in [0.15, 0.2) is 0 Å². The number of rotatable bonds is 12. The van der Waals surface area contributed by atoms with E-state index in [9.17, 15) is 4.79 Å². The molecule has 1 aromatic carbocycles. The van der Waals surface area contributed by atoms with Crippen LogP contribution in [0.3, 0.4) is 0 Å². The normalized spacial score (nSPS) is 10.2. The minimum absolute atomic E-state index is 0.0306. The van der Waals surface area contributed by atoms with Crippen molar-refractivity contribution in [1.82, 2.24) is 5.32 Å². The Morgan fingerprint density at radius 3 is 2.48 bits per heavy atom. The third kappa shape index (κ3) is 9.61. The van der Waals surface area contributed by atoms with Crippen LogP contribution >= 0.6 is 0 Å². The van der Waals surface area contributed by atoms with Crippen molar-refractivity contribution in [2.45, 2.75) is 46.0 Å². The summed E-state index contributed by atoms with van der Waals surface area (Å²) >= 11 is 0. The van der Waals surface area contributed by atoms with E-state index in [1.165, 1.54) is 25.7 Å². The van der Waals surface area contributed by atoms with Crippen LogP contribution in [0.5, 0.6) is 5.75 Å². The lowest BCUT2D eigenvalue weighted by molar-refractivity contribution is -0.119. The van der Waals surface area contributed by atoms with Gasteiger partial charge in [-0.3, -0.25) is 4.79 Å². The second-order valence-electron chi connectivity index (χ2n) is 5.89. The van der Waals surface area contributed by atoms with Gasteiger partial charge in [-0.2, -0.15) is 0 Å². The number of anilines is 1. The zero-order chi connectivity index (χ0) is 16.9. The van der Waals surface area contributed by atoms with Gasteiger partial charge in [0.05, 0.1) is 6.54 Å². The molecule has 0 heterocycles. The van der Waals surface area contributed by atoms with Crippen molar-refractivity contribution in [2.24, 2.45) is 0 Å². The van der Waals surface area contributed by atoms with E-state index in [0.29, 0.717) is 13.2 Å². The van der Waals surface area contributed by atoms with Crippen LogP contribution in [0.2, 0.25) is 0 Å². The molecule has 0 spiro atoms. The fourth-order valence-electron chi connectivity index (χ4n) is 2.08. The molecule has 128 valence electrons. The Hall–Kier alpha value is -1.97. The van der Waals surface area contributed by atoms with Crippen molar-refractivity contribution in [3.63, 3.8) is 0 Å².